The molecule has 0 aliphatic heterocycles. The maximum Gasteiger partial charge on any atom is 0.287 e. The van der Waals surface area contributed by atoms with Crippen LogP contribution in [-0.4, -0.2) is 27.8 Å². The highest BCUT2D eigenvalue weighted by atomic mass is 16.3. The van der Waals surface area contributed by atoms with E-state index in [2.05, 4.69) is 20.6 Å². The monoisotopic (exact) mass is 262 g/mol. The maximum absolute atomic E-state index is 11.7. The van der Waals surface area contributed by atoms with Crippen LogP contribution in [0, 0.1) is 0 Å². The second-order valence-corrected chi connectivity index (χ2v) is 3.93. The van der Waals surface area contributed by atoms with E-state index in [-0.39, 0.29) is 18.2 Å². The van der Waals surface area contributed by atoms with Gasteiger partial charge in [-0.1, -0.05) is 0 Å². The van der Waals surface area contributed by atoms with E-state index < -0.39 is 11.9 Å². The Labute approximate surface area is 109 Å². The summed E-state index contributed by atoms with van der Waals surface area (Å²) in [5.74, 6) is 0.102. The lowest BCUT2D eigenvalue weighted by Crippen LogP contribution is -2.44. The average Bonchev–Trinajstić information content (AvgIpc) is 3.08. The number of hydrogen-bond acceptors (Lipinski definition) is 4. The van der Waals surface area contributed by atoms with E-state index in [9.17, 15) is 9.59 Å². The largest absolute Gasteiger partial charge is 0.459 e. The minimum atomic E-state index is -0.660. The minimum Gasteiger partial charge on any atom is -0.459 e. The van der Waals surface area contributed by atoms with Crippen molar-refractivity contribution < 1.29 is 14.0 Å². The van der Waals surface area contributed by atoms with Gasteiger partial charge in [0.2, 0.25) is 5.91 Å². The predicted molar refractivity (Wildman–Crippen MR) is 66.1 cm³/mol. The van der Waals surface area contributed by atoms with Gasteiger partial charge in [-0.2, -0.15) is 0 Å². The number of imidazole rings is 1. The molecule has 7 nitrogen and oxygen atoms in total. The molecular weight excluding hydrogens is 248 g/mol. The van der Waals surface area contributed by atoms with Crippen molar-refractivity contribution in [1.29, 1.82) is 0 Å². The lowest BCUT2D eigenvalue weighted by molar-refractivity contribution is -0.122. The first-order chi connectivity index (χ1) is 9.16. The molecule has 0 fully saturated rings. The Morgan fingerprint density at radius 3 is 3.00 bits per heavy atom. The second-order valence-electron chi connectivity index (χ2n) is 3.93. The van der Waals surface area contributed by atoms with Crippen LogP contribution in [0.4, 0.5) is 0 Å². The minimum absolute atomic E-state index is 0.172. The Morgan fingerprint density at radius 1 is 1.53 bits per heavy atom. The van der Waals surface area contributed by atoms with Gasteiger partial charge in [-0.15, -0.1) is 0 Å². The van der Waals surface area contributed by atoms with Crippen LogP contribution in [-0.2, 0) is 11.3 Å². The van der Waals surface area contributed by atoms with Gasteiger partial charge in [0.15, 0.2) is 5.76 Å². The van der Waals surface area contributed by atoms with Gasteiger partial charge in [0.25, 0.3) is 5.91 Å². The summed E-state index contributed by atoms with van der Waals surface area (Å²) < 4.78 is 4.94. The summed E-state index contributed by atoms with van der Waals surface area (Å²) in [6, 6.07) is 2.48. The molecule has 0 radical (unpaired) electrons. The third-order valence-corrected chi connectivity index (χ3v) is 2.47. The summed E-state index contributed by atoms with van der Waals surface area (Å²) >= 11 is 0. The first-order valence-electron chi connectivity index (χ1n) is 5.77. The zero-order chi connectivity index (χ0) is 13.7. The molecule has 7 heteroatoms. The van der Waals surface area contributed by atoms with Gasteiger partial charge in [0.05, 0.1) is 12.8 Å². The van der Waals surface area contributed by atoms with Crippen LogP contribution >= 0.6 is 0 Å². The van der Waals surface area contributed by atoms with Crippen molar-refractivity contribution in [2.45, 2.75) is 19.5 Å². The van der Waals surface area contributed by atoms with Crippen LogP contribution in [0.5, 0.6) is 0 Å². The zero-order valence-corrected chi connectivity index (χ0v) is 10.3. The van der Waals surface area contributed by atoms with Gasteiger partial charge in [-0.05, 0) is 19.1 Å². The molecule has 0 saturated carbocycles. The Morgan fingerprint density at radius 2 is 2.37 bits per heavy atom. The number of nitrogens with zero attached hydrogens (tertiary/aromatic N) is 1. The molecule has 19 heavy (non-hydrogen) atoms. The van der Waals surface area contributed by atoms with Gasteiger partial charge in [-0.25, -0.2) is 4.98 Å². The third-order valence-electron chi connectivity index (χ3n) is 2.47. The summed E-state index contributed by atoms with van der Waals surface area (Å²) in [4.78, 5) is 30.2. The summed E-state index contributed by atoms with van der Waals surface area (Å²) in [5, 5.41) is 5.19. The third kappa shape index (κ3) is 3.44. The van der Waals surface area contributed by atoms with Crippen LogP contribution in [0.15, 0.2) is 35.2 Å². The molecular formula is C12H14N4O3. The molecule has 2 aromatic rings. The molecule has 1 unspecified atom stereocenters. The highest BCUT2D eigenvalue weighted by Gasteiger charge is 2.17. The number of carbonyl (C=O) groups is 2. The lowest BCUT2D eigenvalue weighted by Gasteiger charge is -2.12. The fourth-order valence-electron chi connectivity index (χ4n) is 1.46. The molecule has 2 rings (SSSR count). The first-order valence-corrected chi connectivity index (χ1v) is 5.77. The van der Waals surface area contributed by atoms with Gasteiger partial charge in [-0.3, -0.25) is 9.59 Å². The van der Waals surface area contributed by atoms with Crippen LogP contribution in [0.3, 0.4) is 0 Å². The molecule has 2 amide bonds. The van der Waals surface area contributed by atoms with Crippen molar-refractivity contribution in [2.75, 3.05) is 0 Å². The number of aromatic nitrogens is 2. The van der Waals surface area contributed by atoms with E-state index >= 15 is 0 Å². The summed E-state index contributed by atoms with van der Waals surface area (Å²) in [6.45, 7) is 1.88. The number of amides is 2. The van der Waals surface area contributed by atoms with E-state index in [1.54, 1.807) is 25.4 Å². The fraction of sp³-hybridized carbons (Fsp3) is 0.250. The Hall–Kier alpha value is -2.57. The highest BCUT2D eigenvalue weighted by Crippen LogP contribution is 2.00. The number of aromatic amines is 1. The molecule has 0 spiro atoms. The topological polar surface area (TPSA) is 100 Å². The first kappa shape index (κ1) is 12.9. The van der Waals surface area contributed by atoms with Crippen molar-refractivity contribution in [2.24, 2.45) is 0 Å². The van der Waals surface area contributed by atoms with Gasteiger partial charge in [0, 0.05) is 12.4 Å². The van der Waals surface area contributed by atoms with Gasteiger partial charge < -0.3 is 20.0 Å². The predicted octanol–water partition coefficient (Wildman–Crippen LogP) is 0.437. The van der Waals surface area contributed by atoms with Crippen LogP contribution in [0.2, 0.25) is 0 Å². The Bertz CT molecular complexity index is 533. The molecule has 0 bridgehead atoms. The van der Waals surface area contributed by atoms with E-state index in [1.807, 2.05) is 0 Å². The smallest absolute Gasteiger partial charge is 0.287 e. The lowest BCUT2D eigenvalue weighted by atomic mass is 10.3. The van der Waals surface area contributed by atoms with Crippen molar-refractivity contribution in [3.05, 3.63) is 42.4 Å². The van der Waals surface area contributed by atoms with E-state index in [0.717, 1.165) is 0 Å². The van der Waals surface area contributed by atoms with Crippen molar-refractivity contribution in [1.82, 2.24) is 20.6 Å². The Balaban J connectivity index is 1.80. The quantitative estimate of drug-likeness (QED) is 0.727. The van der Waals surface area contributed by atoms with Gasteiger partial charge >= 0.3 is 0 Å². The molecule has 100 valence electrons. The SMILES string of the molecule is CC(NC(=O)c1ccco1)C(=O)NCc1ncc[nH]1. The van der Waals surface area contributed by atoms with Crippen molar-refractivity contribution >= 4 is 11.8 Å². The molecule has 2 heterocycles. The molecule has 2 aromatic heterocycles. The van der Waals surface area contributed by atoms with E-state index in [0.29, 0.717) is 5.82 Å². The van der Waals surface area contributed by atoms with Crippen LogP contribution < -0.4 is 10.6 Å². The second kappa shape index (κ2) is 5.85. The molecule has 3 N–H and O–H groups in total. The molecule has 0 aliphatic rings. The Kier molecular flexibility index (Phi) is 3.97. The average molecular weight is 262 g/mol. The molecule has 0 aliphatic carbocycles. The number of carbonyl (C=O) groups excluding carboxylic acids is 2. The number of H-pyrrole nitrogens is 1. The zero-order valence-electron chi connectivity index (χ0n) is 10.3. The summed E-state index contributed by atoms with van der Waals surface area (Å²) in [6.07, 6.45) is 4.67. The summed E-state index contributed by atoms with van der Waals surface area (Å²) in [5.41, 5.74) is 0. The maximum atomic E-state index is 11.7. The normalized spacial score (nSPS) is 11.8. The molecule has 0 saturated heterocycles. The molecule has 0 aromatic carbocycles. The van der Waals surface area contributed by atoms with E-state index in [1.165, 1.54) is 12.3 Å². The highest BCUT2D eigenvalue weighted by molar-refractivity contribution is 5.95. The van der Waals surface area contributed by atoms with Crippen LogP contribution in [0.25, 0.3) is 0 Å². The fourth-order valence-corrected chi connectivity index (χ4v) is 1.46. The van der Waals surface area contributed by atoms with Gasteiger partial charge in [0.1, 0.15) is 11.9 Å². The standard InChI is InChI=1S/C12H14N4O3/c1-8(16-12(18)9-3-2-6-19-9)11(17)15-7-10-13-4-5-14-10/h2-6,8H,7H2,1H3,(H,13,14)(H,15,17)(H,16,18). The summed E-state index contributed by atoms with van der Waals surface area (Å²) in [7, 11) is 0. The number of rotatable bonds is 5. The van der Waals surface area contributed by atoms with E-state index in [4.69, 9.17) is 4.42 Å². The molecule has 1 atom stereocenters. The van der Waals surface area contributed by atoms with Crippen molar-refractivity contribution in [3.8, 4) is 0 Å². The van der Waals surface area contributed by atoms with Crippen LogP contribution in [0.1, 0.15) is 23.3 Å². The number of hydrogen-bond donors (Lipinski definition) is 3. The number of nitrogens with one attached hydrogen (secondary N) is 3. The number of furan rings is 1. The van der Waals surface area contributed by atoms with Crippen molar-refractivity contribution in [3.63, 3.8) is 0 Å².